The van der Waals surface area contributed by atoms with Gasteiger partial charge >= 0.3 is 0 Å². The van der Waals surface area contributed by atoms with Crippen molar-refractivity contribution in [1.82, 2.24) is 5.32 Å². The van der Waals surface area contributed by atoms with Crippen LogP contribution in [0.5, 0.6) is 0 Å². The van der Waals surface area contributed by atoms with Crippen LogP contribution in [0.1, 0.15) is 52.1 Å². The largest absolute Gasteiger partial charge is 0.349 e. The number of rotatable bonds is 5. The predicted molar refractivity (Wildman–Crippen MR) is 79.6 cm³/mol. The normalized spacial score (nSPS) is 14.6. The molecule has 1 aromatic carbocycles. The first-order valence-corrected chi connectivity index (χ1v) is 7.08. The standard InChI is InChI=1S/C16H24F2N2O/c1-10(13-7-11(17)5-6-14(13)18)20-15(21)8-12(19)9-16(2,3)4/h5-7,10,12H,8-9,19H2,1-4H3,(H,20,21). The average Bonchev–Trinajstić information content (AvgIpc) is 2.29. The summed E-state index contributed by atoms with van der Waals surface area (Å²) in [6, 6.07) is 2.34. The maximum absolute atomic E-state index is 13.6. The first kappa shape index (κ1) is 17.6. The van der Waals surface area contributed by atoms with Crippen LogP contribution in [-0.4, -0.2) is 11.9 Å². The van der Waals surface area contributed by atoms with Gasteiger partial charge in [-0.1, -0.05) is 20.8 Å². The molecule has 0 saturated heterocycles. The highest BCUT2D eigenvalue weighted by molar-refractivity contribution is 5.77. The molecule has 5 heteroatoms. The molecule has 0 aliphatic heterocycles. The molecule has 0 fully saturated rings. The minimum Gasteiger partial charge on any atom is -0.349 e. The number of halogens is 2. The van der Waals surface area contributed by atoms with Crippen LogP contribution in [-0.2, 0) is 4.79 Å². The van der Waals surface area contributed by atoms with Gasteiger partial charge in [-0.15, -0.1) is 0 Å². The van der Waals surface area contributed by atoms with Gasteiger partial charge in [0.1, 0.15) is 11.6 Å². The lowest BCUT2D eigenvalue weighted by atomic mass is 9.87. The van der Waals surface area contributed by atoms with Crippen LogP contribution in [0.4, 0.5) is 8.78 Å². The van der Waals surface area contributed by atoms with Crippen molar-refractivity contribution in [1.29, 1.82) is 0 Å². The molecule has 0 radical (unpaired) electrons. The quantitative estimate of drug-likeness (QED) is 0.876. The second-order valence-electron chi connectivity index (χ2n) is 6.68. The maximum atomic E-state index is 13.6. The highest BCUT2D eigenvalue weighted by Crippen LogP contribution is 2.22. The first-order chi connectivity index (χ1) is 9.58. The smallest absolute Gasteiger partial charge is 0.222 e. The van der Waals surface area contributed by atoms with Crippen molar-refractivity contribution in [3.8, 4) is 0 Å². The molecule has 2 atom stereocenters. The lowest BCUT2D eigenvalue weighted by molar-refractivity contribution is -0.122. The maximum Gasteiger partial charge on any atom is 0.222 e. The zero-order valence-corrected chi connectivity index (χ0v) is 13.0. The molecule has 1 amide bonds. The highest BCUT2D eigenvalue weighted by Gasteiger charge is 2.20. The number of carbonyl (C=O) groups is 1. The van der Waals surface area contributed by atoms with Crippen LogP contribution in [0.15, 0.2) is 18.2 Å². The Labute approximate surface area is 124 Å². The summed E-state index contributed by atoms with van der Waals surface area (Å²) in [6.45, 7) is 7.77. The summed E-state index contributed by atoms with van der Waals surface area (Å²) in [6.07, 6.45) is 0.877. The Morgan fingerprint density at radius 1 is 1.33 bits per heavy atom. The molecule has 0 aromatic heterocycles. The third-order valence-corrected chi connectivity index (χ3v) is 3.12. The van der Waals surface area contributed by atoms with Gasteiger partial charge < -0.3 is 11.1 Å². The molecule has 1 aromatic rings. The van der Waals surface area contributed by atoms with E-state index >= 15 is 0 Å². The van der Waals surface area contributed by atoms with Crippen LogP contribution in [0.3, 0.4) is 0 Å². The summed E-state index contributed by atoms with van der Waals surface area (Å²) < 4.78 is 26.8. The first-order valence-electron chi connectivity index (χ1n) is 7.08. The van der Waals surface area contributed by atoms with Crippen molar-refractivity contribution in [3.63, 3.8) is 0 Å². The molecule has 21 heavy (non-hydrogen) atoms. The molecule has 1 rings (SSSR count). The second kappa shape index (κ2) is 6.98. The fraction of sp³-hybridized carbons (Fsp3) is 0.562. The number of nitrogens with one attached hydrogen (secondary N) is 1. The number of hydrogen-bond acceptors (Lipinski definition) is 2. The third-order valence-electron chi connectivity index (χ3n) is 3.12. The number of benzene rings is 1. The summed E-state index contributed by atoms with van der Waals surface area (Å²) >= 11 is 0. The van der Waals surface area contributed by atoms with E-state index in [9.17, 15) is 13.6 Å². The van der Waals surface area contributed by atoms with E-state index in [-0.39, 0.29) is 29.3 Å². The van der Waals surface area contributed by atoms with Crippen molar-refractivity contribution >= 4 is 5.91 Å². The van der Waals surface area contributed by atoms with E-state index in [2.05, 4.69) is 26.1 Å². The molecule has 0 aliphatic carbocycles. The van der Waals surface area contributed by atoms with Gasteiger partial charge in [-0.25, -0.2) is 8.78 Å². The average molecular weight is 298 g/mol. The zero-order chi connectivity index (χ0) is 16.2. The predicted octanol–water partition coefficient (Wildman–Crippen LogP) is 3.30. The Hall–Kier alpha value is -1.49. The lowest BCUT2D eigenvalue weighted by Gasteiger charge is -2.23. The monoisotopic (exact) mass is 298 g/mol. The Bertz CT molecular complexity index is 498. The molecule has 0 aliphatic rings. The highest BCUT2D eigenvalue weighted by atomic mass is 19.1. The number of carbonyl (C=O) groups excluding carboxylic acids is 1. The van der Waals surface area contributed by atoms with Gasteiger partial charge in [0.05, 0.1) is 6.04 Å². The van der Waals surface area contributed by atoms with Crippen molar-refractivity contribution in [2.75, 3.05) is 0 Å². The van der Waals surface area contributed by atoms with E-state index in [1.54, 1.807) is 6.92 Å². The molecule has 3 nitrogen and oxygen atoms in total. The molecule has 0 spiro atoms. The third kappa shape index (κ3) is 6.21. The topological polar surface area (TPSA) is 55.1 Å². The van der Waals surface area contributed by atoms with Gasteiger partial charge in [-0.05, 0) is 37.0 Å². The van der Waals surface area contributed by atoms with Crippen LogP contribution >= 0.6 is 0 Å². The van der Waals surface area contributed by atoms with Crippen LogP contribution in [0.25, 0.3) is 0 Å². The minimum absolute atomic E-state index is 0.0416. The van der Waals surface area contributed by atoms with Gasteiger partial charge in [0.2, 0.25) is 5.91 Å². The van der Waals surface area contributed by atoms with Crippen molar-refractivity contribution < 1.29 is 13.6 Å². The lowest BCUT2D eigenvalue weighted by Crippen LogP contribution is -2.35. The molecule has 2 unspecified atom stereocenters. The van der Waals surface area contributed by atoms with Gasteiger partial charge in [0.25, 0.3) is 0 Å². The van der Waals surface area contributed by atoms with Crippen molar-refractivity contribution in [3.05, 3.63) is 35.4 Å². The Morgan fingerprint density at radius 2 is 1.95 bits per heavy atom. The van der Waals surface area contributed by atoms with E-state index in [1.165, 1.54) is 0 Å². The Kier molecular flexibility index (Phi) is 5.84. The van der Waals surface area contributed by atoms with Crippen molar-refractivity contribution in [2.45, 2.75) is 52.6 Å². The number of nitrogens with two attached hydrogens (primary N) is 1. The Morgan fingerprint density at radius 3 is 2.52 bits per heavy atom. The van der Waals surface area contributed by atoms with Crippen LogP contribution in [0.2, 0.25) is 0 Å². The molecule has 0 saturated carbocycles. The molecule has 0 heterocycles. The summed E-state index contributed by atoms with van der Waals surface area (Å²) in [5.41, 5.74) is 6.11. The van der Waals surface area contributed by atoms with E-state index < -0.39 is 17.7 Å². The molecular formula is C16H24F2N2O. The minimum atomic E-state index is -0.602. The fourth-order valence-corrected chi connectivity index (χ4v) is 2.32. The van der Waals surface area contributed by atoms with Crippen LogP contribution in [0, 0.1) is 17.0 Å². The Balaban J connectivity index is 2.60. The summed E-state index contributed by atoms with van der Waals surface area (Å²) in [5, 5.41) is 2.66. The zero-order valence-electron chi connectivity index (χ0n) is 13.0. The molecule has 118 valence electrons. The van der Waals surface area contributed by atoms with Crippen LogP contribution < -0.4 is 11.1 Å². The summed E-state index contributed by atoms with van der Waals surface area (Å²) in [5.74, 6) is -1.33. The van der Waals surface area contributed by atoms with E-state index in [4.69, 9.17) is 5.73 Å². The van der Waals surface area contributed by atoms with E-state index in [0.717, 1.165) is 18.2 Å². The SMILES string of the molecule is CC(NC(=O)CC(N)CC(C)(C)C)c1cc(F)ccc1F. The fourth-order valence-electron chi connectivity index (χ4n) is 2.32. The van der Waals surface area contributed by atoms with Gasteiger partial charge in [-0.2, -0.15) is 0 Å². The molecule has 3 N–H and O–H groups in total. The van der Waals surface area contributed by atoms with E-state index in [1.807, 2.05) is 0 Å². The van der Waals surface area contributed by atoms with Crippen molar-refractivity contribution in [2.24, 2.45) is 11.1 Å². The second-order valence-corrected chi connectivity index (χ2v) is 6.68. The molecular weight excluding hydrogens is 274 g/mol. The van der Waals surface area contributed by atoms with E-state index in [0.29, 0.717) is 6.42 Å². The molecule has 0 bridgehead atoms. The van der Waals surface area contributed by atoms with Gasteiger partial charge in [-0.3, -0.25) is 4.79 Å². The number of hydrogen-bond donors (Lipinski definition) is 2. The van der Waals surface area contributed by atoms with Gasteiger partial charge in [0.15, 0.2) is 0 Å². The summed E-state index contributed by atoms with van der Waals surface area (Å²) in [4.78, 5) is 11.9. The summed E-state index contributed by atoms with van der Waals surface area (Å²) in [7, 11) is 0. The number of amides is 1. The van der Waals surface area contributed by atoms with Gasteiger partial charge in [0, 0.05) is 18.0 Å².